The Morgan fingerprint density at radius 1 is 0.528 bits per heavy atom. The first-order valence-electron chi connectivity index (χ1n) is 8.03. The van der Waals surface area contributed by atoms with Crippen LogP contribution in [0.25, 0.3) is 0 Å². The highest BCUT2D eigenvalue weighted by atomic mass is 19.4. The lowest BCUT2D eigenvalue weighted by molar-refractivity contribution is -0.466. The summed E-state index contributed by atoms with van der Waals surface area (Å²) in [7, 11) is 0. The maximum Gasteiger partial charge on any atom is 0.435 e. The van der Waals surface area contributed by atoms with Crippen LogP contribution in [0.15, 0.2) is 0 Å². The van der Waals surface area contributed by atoms with E-state index in [1.165, 1.54) is 0 Å². The van der Waals surface area contributed by atoms with Crippen LogP contribution in [-0.2, 0) is 14.3 Å². The molecule has 3 N–H and O–H groups in total. The van der Waals surface area contributed by atoms with Gasteiger partial charge in [0.05, 0.1) is 13.2 Å². The number of hydrogen-bond acceptors (Lipinski definition) is 4. The summed E-state index contributed by atoms with van der Waals surface area (Å²) in [4.78, 5) is 11.3. The summed E-state index contributed by atoms with van der Waals surface area (Å²) < 4.78 is 237. The van der Waals surface area contributed by atoms with Gasteiger partial charge in [-0.05, 0) is 0 Å². The van der Waals surface area contributed by atoms with E-state index in [1.54, 1.807) is 0 Å². The summed E-state index contributed by atoms with van der Waals surface area (Å²) in [6.45, 7) is -8.86. The Kier molecular flexibility index (Phi) is 8.94. The molecule has 0 fully saturated rings. The third-order valence-electron chi connectivity index (χ3n) is 4.37. The zero-order valence-corrected chi connectivity index (χ0v) is 16.2. The molecule has 0 aromatic rings. The minimum absolute atomic E-state index is 2.28. The summed E-state index contributed by atoms with van der Waals surface area (Å²) >= 11 is 0. The number of carboxylic acids is 1. The van der Waals surface area contributed by atoms with Crippen LogP contribution in [0.4, 0.5) is 79.0 Å². The lowest BCUT2D eigenvalue weighted by atomic mass is 9.88. The van der Waals surface area contributed by atoms with Gasteiger partial charge in [-0.25, -0.2) is 0 Å². The first-order chi connectivity index (χ1) is 15.4. The summed E-state index contributed by atoms with van der Waals surface area (Å²) in [6.07, 6.45) is -45.4. The molecule has 0 radical (unpaired) electrons. The highest BCUT2D eigenvalue weighted by Crippen LogP contribution is 2.57. The second kappa shape index (κ2) is 9.44. The molecular formula is C13H9F18NO4. The zero-order valence-electron chi connectivity index (χ0n) is 16.2. The van der Waals surface area contributed by atoms with Gasteiger partial charge in [0.15, 0.2) is 0 Å². The lowest BCUT2D eigenvalue weighted by Crippen LogP contribution is -2.70. The first-order valence-corrected chi connectivity index (χ1v) is 8.03. The van der Waals surface area contributed by atoms with E-state index in [1.807, 2.05) is 0 Å². The largest absolute Gasteiger partial charge is 0.481 e. The molecule has 0 bridgehead atoms. The van der Waals surface area contributed by atoms with Crippen molar-refractivity contribution in [2.24, 2.45) is 11.1 Å². The van der Waals surface area contributed by atoms with Gasteiger partial charge in [0.1, 0.15) is 5.41 Å². The van der Waals surface area contributed by atoms with Crippen molar-refractivity contribution in [1.82, 2.24) is 0 Å². The van der Waals surface area contributed by atoms with Gasteiger partial charge in [0.25, 0.3) is 0 Å². The van der Waals surface area contributed by atoms with Gasteiger partial charge in [-0.2, -0.15) is 79.0 Å². The molecule has 216 valence electrons. The van der Waals surface area contributed by atoms with Crippen LogP contribution in [0.3, 0.4) is 0 Å². The Hall–Kier alpha value is -1.91. The quantitative estimate of drug-likeness (QED) is 0.397. The number of alkyl halides is 18. The highest BCUT2D eigenvalue weighted by Gasteiger charge is 2.87. The average molecular weight is 585 g/mol. The predicted molar refractivity (Wildman–Crippen MR) is 72.8 cm³/mol. The molecule has 5 nitrogen and oxygen atoms in total. The van der Waals surface area contributed by atoms with E-state index in [2.05, 4.69) is 15.2 Å². The highest BCUT2D eigenvalue weighted by molar-refractivity contribution is 5.75. The van der Waals surface area contributed by atoms with Gasteiger partial charge in [0, 0.05) is 6.54 Å². The van der Waals surface area contributed by atoms with E-state index < -0.39 is 79.4 Å². The third kappa shape index (κ3) is 5.50. The van der Waals surface area contributed by atoms with E-state index in [4.69, 9.17) is 5.11 Å². The maximum atomic E-state index is 12.9. The fourth-order valence-corrected chi connectivity index (χ4v) is 2.32. The van der Waals surface area contributed by atoms with E-state index in [0.29, 0.717) is 0 Å². The SMILES string of the molecule is NCC(COC(C(F)(F)F)(C(F)(F)F)C(F)(F)F)(COC(C(F)(F)F)(C(F)(F)F)C(F)(F)F)C(=O)O. The summed E-state index contributed by atoms with van der Waals surface area (Å²) in [6, 6.07) is 0. The van der Waals surface area contributed by atoms with Gasteiger partial charge in [-0.3, -0.25) is 4.79 Å². The average Bonchev–Trinajstić information content (AvgIpc) is 2.52. The Balaban J connectivity index is 6.87. The monoisotopic (exact) mass is 585 g/mol. The Bertz CT molecular complexity index is 645. The van der Waals surface area contributed by atoms with Crippen LogP contribution in [0.1, 0.15) is 0 Å². The second-order valence-corrected chi connectivity index (χ2v) is 6.72. The molecule has 0 aromatic heterocycles. The molecule has 0 amide bonds. The number of ether oxygens (including phenoxy) is 2. The van der Waals surface area contributed by atoms with E-state index in [-0.39, 0.29) is 0 Å². The Morgan fingerprint density at radius 2 is 0.722 bits per heavy atom. The van der Waals surface area contributed by atoms with Crippen molar-refractivity contribution < 1.29 is 98.4 Å². The van der Waals surface area contributed by atoms with Gasteiger partial charge < -0.3 is 20.3 Å². The number of rotatable bonds is 8. The molecule has 0 aliphatic rings. The van der Waals surface area contributed by atoms with Crippen LogP contribution >= 0.6 is 0 Å². The molecule has 23 heteroatoms. The van der Waals surface area contributed by atoms with Crippen molar-refractivity contribution in [2.75, 3.05) is 19.8 Å². The number of hydrogen-bond donors (Lipinski definition) is 2. The molecule has 0 aliphatic carbocycles. The molecule has 0 aliphatic heterocycles. The van der Waals surface area contributed by atoms with Crippen LogP contribution in [0.2, 0.25) is 0 Å². The Labute approximate surface area is 185 Å². The van der Waals surface area contributed by atoms with Gasteiger partial charge in [0.2, 0.25) is 0 Å². The molecule has 0 saturated carbocycles. The van der Waals surface area contributed by atoms with Crippen molar-refractivity contribution in [3.8, 4) is 0 Å². The van der Waals surface area contributed by atoms with Crippen molar-refractivity contribution in [3.63, 3.8) is 0 Å². The van der Waals surface area contributed by atoms with Gasteiger partial charge >= 0.3 is 54.2 Å². The molecule has 0 atom stereocenters. The fraction of sp³-hybridized carbons (Fsp3) is 0.923. The smallest absolute Gasteiger partial charge is 0.435 e. The Morgan fingerprint density at radius 3 is 0.833 bits per heavy atom. The van der Waals surface area contributed by atoms with Crippen molar-refractivity contribution in [3.05, 3.63) is 0 Å². The van der Waals surface area contributed by atoms with Gasteiger partial charge in [-0.1, -0.05) is 0 Å². The molecule has 0 unspecified atom stereocenters. The summed E-state index contributed by atoms with van der Waals surface area (Å²) in [5.41, 5.74) is -14.4. The van der Waals surface area contributed by atoms with Crippen molar-refractivity contribution in [1.29, 1.82) is 0 Å². The molecule has 0 saturated heterocycles. The topological polar surface area (TPSA) is 81.8 Å². The molecule has 0 heterocycles. The molecule has 0 aromatic carbocycles. The molecule has 0 spiro atoms. The normalized spacial score (nSPS) is 15.9. The fourth-order valence-electron chi connectivity index (χ4n) is 2.32. The summed E-state index contributed by atoms with van der Waals surface area (Å²) in [5, 5.41) is 8.91. The standard InChI is InChI=1S/C13H9F18NO4/c14-8(15,16)6(9(17,18)19,10(20,21)22)35-2-5(1-32,4(33)34)3-36-7(11(23,24)25,12(26,27)28)13(29,30)31/h1-3,32H2,(H,33,34). The van der Waals surface area contributed by atoms with Crippen molar-refractivity contribution in [2.45, 2.75) is 48.3 Å². The maximum absolute atomic E-state index is 12.9. The van der Waals surface area contributed by atoms with Crippen LogP contribution in [0.5, 0.6) is 0 Å². The molecular weight excluding hydrogens is 576 g/mol. The van der Waals surface area contributed by atoms with Crippen LogP contribution in [0, 0.1) is 5.41 Å². The van der Waals surface area contributed by atoms with E-state index >= 15 is 0 Å². The number of carbonyl (C=O) groups is 1. The van der Waals surface area contributed by atoms with Crippen molar-refractivity contribution >= 4 is 5.97 Å². The number of aliphatic carboxylic acids is 1. The van der Waals surface area contributed by atoms with Crippen LogP contribution in [-0.4, -0.2) is 79.1 Å². The van der Waals surface area contributed by atoms with E-state index in [0.717, 1.165) is 0 Å². The zero-order chi connectivity index (χ0) is 29.6. The summed E-state index contributed by atoms with van der Waals surface area (Å²) in [5.74, 6) is -3.19. The minimum Gasteiger partial charge on any atom is -0.481 e. The second-order valence-electron chi connectivity index (χ2n) is 6.72. The minimum atomic E-state index is -7.56. The predicted octanol–water partition coefficient (Wildman–Crippen LogP) is 4.90. The van der Waals surface area contributed by atoms with Gasteiger partial charge in [-0.15, -0.1) is 0 Å². The van der Waals surface area contributed by atoms with Crippen LogP contribution < -0.4 is 5.73 Å². The first kappa shape index (κ1) is 34.1. The third-order valence-corrected chi connectivity index (χ3v) is 4.37. The number of nitrogens with two attached hydrogens (primary N) is 1. The number of halogens is 18. The molecule has 36 heavy (non-hydrogen) atoms. The lowest BCUT2D eigenvalue weighted by Gasteiger charge is -2.42. The van der Waals surface area contributed by atoms with E-state index in [9.17, 15) is 83.8 Å². The molecule has 0 rings (SSSR count). The number of carboxylic acid groups (broad SMARTS) is 1.